The highest BCUT2D eigenvalue weighted by Gasteiger charge is 2.45. The molecule has 11 heavy (non-hydrogen) atoms. The van der Waals surface area contributed by atoms with E-state index in [1.807, 2.05) is 6.92 Å². The number of carboxylic acid groups (broad SMARTS) is 1. The maximum Gasteiger partial charge on any atom is 0.321 e. The Balaban J connectivity index is 2.61. The van der Waals surface area contributed by atoms with E-state index in [0.717, 1.165) is 6.42 Å². The van der Waals surface area contributed by atoms with E-state index in [4.69, 9.17) is 15.6 Å². The molecule has 1 heterocycles. The number of hydrogen-bond acceptors (Lipinski definition) is 3. The summed E-state index contributed by atoms with van der Waals surface area (Å²) in [5, 5.41) is 8.63. The Bertz CT molecular complexity index is 160. The predicted octanol–water partition coefficient (Wildman–Crippen LogP) is -0.175. The van der Waals surface area contributed by atoms with Gasteiger partial charge in [0.25, 0.3) is 0 Å². The maximum absolute atomic E-state index is 10.5. The largest absolute Gasteiger partial charge is 0.480 e. The van der Waals surface area contributed by atoms with Crippen LogP contribution >= 0.6 is 0 Å². The van der Waals surface area contributed by atoms with Crippen molar-refractivity contribution >= 4 is 5.97 Å². The smallest absolute Gasteiger partial charge is 0.321 e. The molecule has 0 aliphatic carbocycles. The molecule has 0 aromatic rings. The lowest BCUT2D eigenvalue weighted by Gasteiger charge is -2.43. The number of nitrogens with two attached hydrogens (primary N) is 1. The molecule has 1 fully saturated rings. The summed E-state index contributed by atoms with van der Waals surface area (Å²) in [6.45, 7) is 2.90. The molecular formula is C7H13NO3. The van der Waals surface area contributed by atoms with Crippen molar-refractivity contribution in [2.75, 3.05) is 13.2 Å². The van der Waals surface area contributed by atoms with Gasteiger partial charge in [-0.2, -0.15) is 0 Å². The third-order valence-corrected chi connectivity index (χ3v) is 2.41. The van der Waals surface area contributed by atoms with Crippen LogP contribution in [0, 0.1) is 5.41 Å². The van der Waals surface area contributed by atoms with E-state index in [9.17, 15) is 4.79 Å². The highest BCUT2D eigenvalue weighted by atomic mass is 16.5. The number of aliphatic carboxylic acids is 1. The first-order chi connectivity index (χ1) is 5.12. The lowest BCUT2D eigenvalue weighted by molar-refractivity contribution is -0.163. The molecule has 1 atom stereocenters. The first-order valence-corrected chi connectivity index (χ1v) is 3.68. The Morgan fingerprint density at radius 2 is 2.36 bits per heavy atom. The zero-order chi connectivity index (χ0) is 8.48. The Kier molecular flexibility index (Phi) is 2.15. The Labute approximate surface area is 65.3 Å². The van der Waals surface area contributed by atoms with E-state index in [1.165, 1.54) is 0 Å². The van der Waals surface area contributed by atoms with Gasteiger partial charge >= 0.3 is 5.97 Å². The minimum atomic E-state index is -0.935. The molecule has 64 valence electrons. The summed E-state index contributed by atoms with van der Waals surface area (Å²) in [7, 11) is 0. The lowest BCUT2D eigenvalue weighted by atomic mass is 9.76. The molecule has 0 radical (unpaired) electrons. The lowest BCUT2D eigenvalue weighted by Crippen LogP contribution is -2.58. The monoisotopic (exact) mass is 159 g/mol. The van der Waals surface area contributed by atoms with Crippen LogP contribution in [0.5, 0.6) is 0 Å². The zero-order valence-electron chi connectivity index (χ0n) is 6.54. The summed E-state index contributed by atoms with van der Waals surface area (Å²) in [4.78, 5) is 10.5. The van der Waals surface area contributed by atoms with E-state index < -0.39 is 12.0 Å². The second kappa shape index (κ2) is 2.79. The van der Waals surface area contributed by atoms with Crippen LogP contribution in [0.3, 0.4) is 0 Å². The Hall–Kier alpha value is -0.610. The molecule has 0 aromatic carbocycles. The molecule has 0 aromatic heterocycles. The summed E-state index contributed by atoms with van der Waals surface area (Å²) in [6.07, 6.45) is 0.764. The van der Waals surface area contributed by atoms with Gasteiger partial charge in [0.05, 0.1) is 13.2 Å². The fourth-order valence-electron chi connectivity index (χ4n) is 1.23. The third kappa shape index (κ3) is 1.23. The van der Waals surface area contributed by atoms with E-state index in [2.05, 4.69) is 0 Å². The van der Waals surface area contributed by atoms with Crippen molar-refractivity contribution in [3.8, 4) is 0 Å². The Morgan fingerprint density at radius 1 is 1.82 bits per heavy atom. The quantitative estimate of drug-likeness (QED) is 0.599. The molecule has 0 bridgehead atoms. The van der Waals surface area contributed by atoms with Gasteiger partial charge in [0, 0.05) is 5.41 Å². The fraction of sp³-hybridized carbons (Fsp3) is 0.857. The maximum atomic E-state index is 10.5. The van der Waals surface area contributed by atoms with Gasteiger partial charge in [-0.25, -0.2) is 0 Å². The molecule has 1 aliphatic heterocycles. The highest BCUT2D eigenvalue weighted by Crippen LogP contribution is 2.33. The molecule has 1 unspecified atom stereocenters. The van der Waals surface area contributed by atoms with Crippen LogP contribution in [-0.4, -0.2) is 30.3 Å². The van der Waals surface area contributed by atoms with Gasteiger partial charge in [-0.3, -0.25) is 4.79 Å². The predicted molar refractivity (Wildman–Crippen MR) is 39.2 cm³/mol. The Morgan fingerprint density at radius 3 is 2.45 bits per heavy atom. The van der Waals surface area contributed by atoms with Crippen molar-refractivity contribution in [1.29, 1.82) is 0 Å². The highest BCUT2D eigenvalue weighted by molar-refractivity contribution is 5.74. The van der Waals surface area contributed by atoms with Crippen LogP contribution in [0.15, 0.2) is 0 Å². The average Bonchev–Trinajstić information content (AvgIpc) is 1.86. The van der Waals surface area contributed by atoms with Gasteiger partial charge < -0.3 is 15.6 Å². The van der Waals surface area contributed by atoms with E-state index >= 15 is 0 Å². The third-order valence-electron chi connectivity index (χ3n) is 2.41. The summed E-state index contributed by atoms with van der Waals surface area (Å²) < 4.78 is 4.96. The van der Waals surface area contributed by atoms with Crippen molar-refractivity contribution in [2.24, 2.45) is 11.1 Å². The molecule has 4 nitrogen and oxygen atoms in total. The topological polar surface area (TPSA) is 72.6 Å². The van der Waals surface area contributed by atoms with Crippen LogP contribution in [0.4, 0.5) is 0 Å². The van der Waals surface area contributed by atoms with Crippen LogP contribution in [-0.2, 0) is 9.53 Å². The van der Waals surface area contributed by atoms with Crippen molar-refractivity contribution in [3.05, 3.63) is 0 Å². The SMILES string of the molecule is CCC1(C(N)C(=O)O)COC1. The molecular weight excluding hydrogens is 146 g/mol. The number of rotatable bonds is 3. The zero-order valence-corrected chi connectivity index (χ0v) is 6.54. The molecule has 1 saturated heterocycles. The van der Waals surface area contributed by atoms with Crippen LogP contribution in [0.1, 0.15) is 13.3 Å². The summed E-state index contributed by atoms with van der Waals surface area (Å²) in [5.74, 6) is -0.935. The molecule has 3 N–H and O–H groups in total. The molecule has 0 amide bonds. The molecule has 0 spiro atoms. The normalized spacial score (nSPS) is 23.8. The fourth-order valence-corrected chi connectivity index (χ4v) is 1.23. The standard InChI is InChI=1S/C7H13NO3/c1-2-7(3-11-4-7)5(8)6(9)10/h5H,2-4,8H2,1H3,(H,9,10). The molecule has 1 rings (SSSR count). The van der Waals surface area contributed by atoms with Crippen molar-refractivity contribution < 1.29 is 14.6 Å². The van der Waals surface area contributed by atoms with E-state index in [-0.39, 0.29) is 5.41 Å². The summed E-state index contributed by atoms with van der Waals surface area (Å²) in [5.41, 5.74) is 5.19. The van der Waals surface area contributed by atoms with Crippen molar-refractivity contribution in [1.82, 2.24) is 0 Å². The molecule has 0 saturated carbocycles. The van der Waals surface area contributed by atoms with E-state index in [1.54, 1.807) is 0 Å². The number of carbonyl (C=O) groups is 1. The number of hydrogen-bond donors (Lipinski definition) is 2. The minimum Gasteiger partial charge on any atom is -0.480 e. The van der Waals surface area contributed by atoms with Gasteiger partial charge in [-0.05, 0) is 6.42 Å². The van der Waals surface area contributed by atoms with Crippen molar-refractivity contribution in [2.45, 2.75) is 19.4 Å². The van der Waals surface area contributed by atoms with Crippen LogP contribution < -0.4 is 5.73 Å². The van der Waals surface area contributed by atoms with Gasteiger partial charge in [-0.15, -0.1) is 0 Å². The van der Waals surface area contributed by atoms with Crippen LogP contribution in [0.25, 0.3) is 0 Å². The van der Waals surface area contributed by atoms with Gasteiger partial charge in [0.2, 0.25) is 0 Å². The average molecular weight is 159 g/mol. The number of carboxylic acids is 1. The summed E-state index contributed by atoms with van der Waals surface area (Å²) >= 11 is 0. The van der Waals surface area contributed by atoms with Gasteiger partial charge in [-0.1, -0.05) is 6.92 Å². The van der Waals surface area contributed by atoms with E-state index in [0.29, 0.717) is 13.2 Å². The number of ether oxygens (including phenoxy) is 1. The first kappa shape index (κ1) is 8.49. The van der Waals surface area contributed by atoms with Crippen molar-refractivity contribution in [3.63, 3.8) is 0 Å². The minimum absolute atomic E-state index is 0.300. The molecule has 4 heteroatoms. The second-order valence-electron chi connectivity index (χ2n) is 3.02. The molecule has 1 aliphatic rings. The van der Waals surface area contributed by atoms with Gasteiger partial charge in [0.1, 0.15) is 6.04 Å². The van der Waals surface area contributed by atoms with Crippen LogP contribution in [0.2, 0.25) is 0 Å². The van der Waals surface area contributed by atoms with Gasteiger partial charge in [0.15, 0.2) is 0 Å². The second-order valence-corrected chi connectivity index (χ2v) is 3.02. The summed E-state index contributed by atoms with van der Waals surface area (Å²) in [6, 6.07) is -0.777. The first-order valence-electron chi connectivity index (χ1n) is 3.68.